The van der Waals surface area contributed by atoms with Crippen molar-refractivity contribution >= 4 is 11.6 Å². The first-order valence-electron chi connectivity index (χ1n) is 9.07. The Morgan fingerprint density at radius 3 is 2.36 bits per heavy atom. The van der Waals surface area contributed by atoms with E-state index in [1.54, 1.807) is 4.68 Å². The highest BCUT2D eigenvalue weighted by atomic mass is 35.5. The van der Waals surface area contributed by atoms with Crippen LogP contribution >= 0.6 is 11.6 Å². The highest BCUT2D eigenvalue weighted by Gasteiger charge is 2.22. The number of nitrogens with zero attached hydrogens (tertiary/aromatic N) is 5. The van der Waals surface area contributed by atoms with Gasteiger partial charge in [-0.05, 0) is 6.42 Å². The fourth-order valence-electron chi connectivity index (χ4n) is 3.23. The molecule has 0 N–H and O–H groups in total. The highest BCUT2D eigenvalue weighted by Crippen LogP contribution is 2.22. The van der Waals surface area contributed by atoms with Gasteiger partial charge in [-0.25, -0.2) is 4.98 Å². The molecule has 1 fully saturated rings. The molecule has 0 saturated carbocycles. The zero-order valence-corrected chi connectivity index (χ0v) is 16.4. The molecule has 25 heavy (non-hydrogen) atoms. The number of oxazole rings is 1. The summed E-state index contributed by atoms with van der Waals surface area (Å²) in [5.74, 6) is 2.17. The average molecular weight is 366 g/mol. The number of rotatable bonds is 6. The number of hydrogen-bond donors (Lipinski definition) is 0. The Kier molecular flexibility index (Phi) is 5.81. The summed E-state index contributed by atoms with van der Waals surface area (Å²) in [6.07, 6.45) is 2.77. The molecule has 0 amide bonds. The van der Waals surface area contributed by atoms with Gasteiger partial charge in [-0.3, -0.25) is 14.5 Å². The van der Waals surface area contributed by atoms with Crippen LogP contribution in [0.3, 0.4) is 0 Å². The number of piperazine rings is 1. The zero-order valence-electron chi connectivity index (χ0n) is 15.6. The van der Waals surface area contributed by atoms with Crippen LogP contribution in [0.25, 0.3) is 0 Å². The second-order valence-corrected chi connectivity index (χ2v) is 7.41. The van der Waals surface area contributed by atoms with E-state index in [2.05, 4.69) is 40.7 Å². The van der Waals surface area contributed by atoms with Gasteiger partial charge in [0.15, 0.2) is 0 Å². The maximum absolute atomic E-state index is 6.42. The van der Waals surface area contributed by atoms with Crippen molar-refractivity contribution in [2.45, 2.75) is 46.2 Å². The molecule has 3 heterocycles. The van der Waals surface area contributed by atoms with E-state index in [-0.39, 0.29) is 0 Å². The van der Waals surface area contributed by atoms with Crippen molar-refractivity contribution in [3.05, 3.63) is 34.3 Å². The molecule has 6 nitrogen and oxygen atoms in total. The predicted molar refractivity (Wildman–Crippen MR) is 98.7 cm³/mol. The SMILES string of the molecule is CCc1nn(C)c(Cl)c1CN1CCN(Cc2ncc(C(C)C)o2)CC1. The Labute approximate surface area is 154 Å². The molecule has 7 heteroatoms. The predicted octanol–water partition coefficient (Wildman–Crippen LogP) is 3.07. The fourth-order valence-corrected chi connectivity index (χ4v) is 3.43. The lowest BCUT2D eigenvalue weighted by Gasteiger charge is -2.34. The topological polar surface area (TPSA) is 50.3 Å². The molecule has 0 aliphatic carbocycles. The van der Waals surface area contributed by atoms with Gasteiger partial charge in [0, 0.05) is 51.3 Å². The molecule has 3 rings (SSSR count). The number of aromatic nitrogens is 3. The molecule has 0 unspecified atom stereocenters. The normalized spacial score (nSPS) is 16.9. The van der Waals surface area contributed by atoms with Gasteiger partial charge < -0.3 is 4.42 Å². The van der Waals surface area contributed by atoms with Gasteiger partial charge in [-0.2, -0.15) is 5.10 Å². The van der Waals surface area contributed by atoms with E-state index in [1.165, 1.54) is 5.56 Å². The Morgan fingerprint density at radius 1 is 1.16 bits per heavy atom. The summed E-state index contributed by atoms with van der Waals surface area (Å²) in [5, 5.41) is 5.27. The Hall–Kier alpha value is -1.37. The van der Waals surface area contributed by atoms with Crippen LogP contribution in [0, 0.1) is 0 Å². The summed E-state index contributed by atoms with van der Waals surface area (Å²) >= 11 is 6.42. The molecule has 2 aromatic heterocycles. The van der Waals surface area contributed by atoms with Crippen molar-refractivity contribution < 1.29 is 4.42 Å². The largest absolute Gasteiger partial charge is 0.444 e. The van der Waals surface area contributed by atoms with Gasteiger partial charge in [0.25, 0.3) is 0 Å². The van der Waals surface area contributed by atoms with Gasteiger partial charge in [0.2, 0.25) is 5.89 Å². The van der Waals surface area contributed by atoms with E-state index in [4.69, 9.17) is 16.0 Å². The number of aryl methyl sites for hydroxylation is 2. The maximum Gasteiger partial charge on any atom is 0.208 e. The highest BCUT2D eigenvalue weighted by molar-refractivity contribution is 6.30. The zero-order chi connectivity index (χ0) is 18.0. The first kappa shape index (κ1) is 18.4. The van der Waals surface area contributed by atoms with Gasteiger partial charge in [0.05, 0.1) is 18.4 Å². The van der Waals surface area contributed by atoms with E-state index in [0.29, 0.717) is 5.92 Å². The minimum atomic E-state index is 0.384. The van der Waals surface area contributed by atoms with Crippen LogP contribution in [0.5, 0.6) is 0 Å². The molecule has 138 valence electrons. The molecule has 0 bridgehead atoms. The monoisotopic (exact) mass is 365 g/mol. The number of hydrogen-bond acceptors (Lipinski definition) is 5. The molecule has 1 saturated heterocycles. The van der Waals surface area contributed by atoms with Crippen LogP contribution in [0.2, 0.25) is 5.15 Å². The van der Waals surface area contributed by atoms with Crippen LogP contribution in [0.4, 0.5) is 0 Å². The lowest BCUT2D eigenvalue weighted by atomic mass is 10.2. The van der Waals surface area contributed by atoms with Crippen molar-refractivity contribution in [1.29, 1.82) is 0 Å². The second kappa shape index (κ2) is 7.89. The van der Waals surface area contributed by atoms with Crippen molar-refractivity contribution in [1.82, 2.24) is 24.6 Å². The quantitative estimate of drug-likeness (QED) is 0.787. The van der Waals surface area contributed by atoms with Gasteiger partial charge in [-0.15, -0.1) is 0 Å². The van der Waals surface area contributed by atoms with Crippen LogP contribution in [-0.4, -0.2) is 50.7 Å². The molecule has 0 radical (unpaired) electrons. The van der Waals surface area contributed by atoms with E-state index in [0.717, 1.165) is 68.2 Å². The molecule has 2 aromatic rings. The maximum atomic E-state index is 6.42. The Bertz CT molecular complexity index is 700. The molecular formula is C18H28ClN5O. The van der Waals surface area contributed by atoms with Crippen molar-refractivity contribution in [2.75, 3.05) is 26.2 Å². The van der Waals surface area contributed by atoms with Crippen molar-refractivity contribution in [3.8, 4) is 0 Å². The van der Waals surface area contributed by atoms with Crippen LogP contribution < -0.4 is 0 Å². The minimum Gasteiger partial charge on any atom is -0.444 e. The van der Waals surface area contributed by atoms with E-state index in [9.17, 15) is 0 Å². The summed E-state index contributed by atoms with van der Waals surface area (Å²) in [4.78, 5) is 9.26. The first-order chi connectivity index (χ1) is 12.0. The van der Waals surface area contributed by atoms with E-state index in [1.807, 2.05) is 13.2 Å². The van der Waals surface area contributed by atoms with Gasteiger partial charge in [0.1, 0.15) is 10.9 Å². The Morgan fingerprint density at radius 2 is 1.80 bits per heavy atom. The third kappa shape index (κ3) is 4.25. The summed E-state index contributed by atoms with van der Waals surface area (Å²) in [7, 11) is 1.91. The molecule has 0 aromatic carbocycles. The smallest absolute Gasteiger partial charge is 0.208 e. The second-order valence-electron chi connectivity index (χ2n) is 7.06. The first-order valence-corrected chi connectivity index (χ1v) is 9.45. The summed E-state index contributed by atoms with van der Waals surface area (Å²) < 4.78 is 7.60. The lowest BCUT2D eigenvalue weighted by Crippen LogP contribution is -2.45. The Balaban J connectivity index is 1.53. The number of halogens is 1. The third-order valence-corrected chi connectivity index (χ3v) is 5.31. The summed E-state index contributed by atoms with van der Waals surface area (Å²) in [6.45, 7) is 12.1. The van der Waals surface area contributed by atoms with Gasteiger partial charge in [-0.1, -0.05) is 32.4 Å². The van der Waals surface area contributed by atoms with Gasteiger partial charge >= 0.3 is 0 Å². The van der Waals surface area contributed by atoms with E-state index < -0.39 is 0 Å². The average Bonchev–Trinajstić information content (AvgIpc) is 3.16. The molecular weight excluding hydrogens is 338 g/mol. The molecule has 1 aliphatic heterocycles. The van der Waals surface area contributed by atoms with E-state index >= 15 is 0 Å². The minimum absolute atomic E-state index is 0.384. The molecule has 0 atom stereocenters. The fraction of sp³-hybridized carbons (Fsp3) is 0.667. The summed E-state index contributed by atoms with van der Waals surface area (Å²) in [5.41, 5.74) is 2.28. The van der Waals surface area contributed by atoms with Crippen LogP contribution in [-0.2, 0) is 26.6 Å². The standard InChI is InChI=1S/C18H28ClN5O/c1-5-15-14(18(19)22(4)21-15)11-23-6-8-24(9-7-23)12-17-20-10-16(25-17)13(2)3/h10,13H,5-9,11-12H2,1-4H3. The molecule has 0 spiro atoms. The third-order valence-electron chi connectivity index (χ3n) is 4.83. The summed E-state index contributed by atoms with van der Waals surface area (Å²) in [6, 6.07) is 0. The lowest BCUT2D eigenvalue weighted by molar-refractivity contribution is 0.114. The van der Waals surface area contributed by atoms with Crippen molar-refractivity contribution in [3.63, 3.8) is 0 Å². The van der Waals surface area contributed by atoms with Crippen LogP contribution in [0.15, 0.2) is 10.6 Å². The van der Waals surface area contributed by atoms with Crippen molar-refractivity contribution in [2.24, 2.45) is 7.05 Å². The van der Waals surface area contributed by atoms with Crippen LogP contribution in [0.1, 0.15) is 49.6 Å². The molecule has 1 aliphatic rings.